The molecule has 1 aromatic carbocycles. The van der Waals surface area contributed by atoms with Gasteiger partial charge in [-0.3, -0.25) is 0 Å². The van der Waals surface area contributed by atoms with Crippen LogP contribution >= 0.6 is 12.4 Å². The normalized spacial score (nSPS) is 18.5. The molecular formula is C12H15ClF3N. The maximum absolute atomic E-state index is 14.0. The molecule has 0 aromatic heterocycles. The van der Waals surface area contributed by atoms with E-state index in [1.807, 2.05) is 0 Å². The molecule has 0 radical (unpaired) electrons. The minimum atomic E-state index is -1.33. The molecular weight excluding hydrogens is 251 g/mol. The van der Waals surface area contributed by atoms with Crippen LogP contribution in [0.15, 0.2) is 18.2 Å². The Hall–Kier alpha value is -0.740. The van der Waals surface area contributed by atoms with E-state index in [-0.39, 0.29) is 23.9 Å². The number of halogens is 4. The summed E-state index contributed by atoms with van der Waals surface area (Å²) in [6.07, 6.45) is 0.0541. The van der Waals surface area contributed by atoms with Gasteiger partial charge in [0.1, 0.15) is 17.8 Å². The van der Waals surface area contributed by atoms with Crippen LogP contribution in [0.25, 0.3) is 0 Å². The number of piperidine rings is 1. The minimum Gasteiger partial charge on any atom is -0.317 e. The standard InChI is InChI=1S/C12H14F3N.ClH/c13-9-1-2-10(11(14)7-9)12(15)8-3-5-16-6-4-8;/h1-2,7-8,12,16H,3-6H2;1H/t12-;/m1./s1. The summed E-state index contributed by atoms with van der Waals surface area (Å²) in [5.74, 6) is -1.62. The lowest BCUT2D eigenvalue weighted by molar-refractivity contribution is 0.185. The van der Waals surface area contributed by atoms with Gasteiger partial charge in [-0.05, 0) is 37.9 Å². The SMILES string of the molecule is Cl.Fc1ccc([C@H](F)C2CCNCC2)c(F)c1. The zero-order valence-corrected chi connectivity index (χ0v) is 10.1. The van der Waals surface area contributed by atoms with E-state index in [1.54, 1.807) is 0 Å². The molecule has 0 bridgehead atoms. The highest BCUT2D eigenvalue weighted by Gasteiger charge is 2.26. The molecule has 5 heteroatoms. The Morgan fingerprint density at radius 2 is 1.82 bits per heavy atom. The van der Waals surface area contributed by atoms with Crippen LogP contribution in [0.3, 0.4) is 0 Å². The van der Waals surface area contributed by atoms with Crippen LogP contribution in [0.1, 0.15) is 24.6 Å². The number of hydrogen-bond donors (Lipinski definition) is 1. The molecule has 1 atom stereocenters. The molecule has 0 saturated carbocycles. The van der Waals surface area contributed by atoms with E-state index in [0.717, 1.165) is 25.2 Å². The van der Waals surface area contributed by atoms with Crippen molar-refractivity contribution in [1.82, 2.24) is 5.32 Å². The van der Waals surface area contributed by atoms with Crippen molar-refractivity contribution in [2.75, 3.05) is 13.1 Å². The van der Waals surface area contributed by atoms with Crippen molar-refractivity contribution in [3.8, 4) is 0 Å². The number of benzene rings is 1. The summed E-state index contributed by atoms with van der Waals surface area (Å²) in [5, 5.41) is 3.12. The molecule has 1 aromatic rings. The molecule has 1 fully saturated rings. The Labute approximate surface area is 105 Å². The van der Waals surface area contributed by atoms with E-state index in [4.69, 9.17) is 0 Å². The molecule has 0 amide bonds. The third-order valence-electron chi connectivity index (χ3n) is 3.06. The lowest BCUT2D eigenvalue weighted by Gasteiger charge is -2.26. The van der Waals surface area contributed by atoms with Crippen LogP contribution in [-0.4, -0.2) is 13.1 Å². The molecule has 0 spiro atoms. The summed E-state index contributed by atoms with van der Waals surface area (Å²) in [6.45, 7) is 1.52. The van der Waals surface area contributed by atoms with E-state index in [1.165, 1.54) is 6.07 Å². The zero-order chi connectivity index (χ0) is 11.5. The molecule has 1 heterocycles. The first kappa shape index (κ1) is 14.3. The van der Waals surface area contributed by atoms with Gasteiger partial charge in [0.25, 0.3) is 0 Å². The fraction of sp³-hybridized carbons (Fsp3) is 0.500. The number of rotatable bonds is 2. The molecule has 1 saturated heterocycles. The van der Waals surface area contributed by atoms with Crippen LogP contribution in [0.2, 0.25) is 0 Å². The largest absolute Gasteiger partial charge is 0.317 e. The highest BCUT2D eigenvalue weighted by Crippen LogP contribution is 2.33. The van der Waals surface area contributed by atoms with Crippen molar-refractivity contribution in [1.29, 1.82) is 0 Å². The molecule has 1 nitrogen and oxygen atoms in total. The van der Waals surface area contributed by atoms with Gasteiger partial charge >= 0.3 is 0 Å². The van der Waals surface area contributed by atoms with Gasteiger partial charge in [0.15, 0.2) is 0 Å². The first-order valence-corrected chi connectivity index (χ1v) is 5.48. The number of alkyl halides is 1. The van der Waals surface area contributed by atoms with Gasteiger partial charge in [-0.15, -0.1) is 12.4 Å². The van der Waals surface area contributed by atoms with E-state index in [0.29, 0.717) is 12.8 Å². The average Bonchev–Trinajstić information content (AvgIpc) is 2.29. The fourth-order valence-electron chi connectivity index (χ4n) is 2.12. The summed E-state index contributed by atoms with van der Waals surface area (Å²) in [5.41, 5.74) is -0.0201. The van der Waals surface area contributed by atoms with Crippen LogP contribution < -0.4 is 5.32 Å². The molecule has 2 rings (SSSR count). The highest BCUT2D eigenvalue weighted by atomic mass is 35.5. The fourth-order valence-corrected chi connectivity index (χ4v) is 2.12. The van der Waals surface area contributed by atoms with E-state index >= 15 is 0 Å². The molecule has 0 aliphatic carbocycles. The molecule has 1 aliphatic rings. The van der Waals surface area contributed by atoms with Gasteiger partial charge in [-0.1, -0.05) is 6.07 Å². The predicted molar refractivity (Wildman–Crippen MR) is 63.0 cm³/mol. The second-order valence-corrected chi connectivity index (χ2v) is 4.16. The van der Waals surface area contributed by atoms with Gasteiger partial charge in [-0.25, -0.2) is 13.2 Å². The van der Waals surface area contributed by atoms with Crippen molar-refractivity contribution in [2.45, 2.75) is 19.0 Å². The lowest BCUT2D eigenvalue weighted by atomic mass is 9.89. The predicted octanol–water partition coefficient (Wildman–Crippen LogP) is 3.40. The van der Waals surface area contributed by atoms with E-state index in [9.17, 15) is 13.2 Å². The summed E-state index contributed by atoms with van der Waals surface area (Å²) in [4.78, 5) is 0. The first-order valence-electron chi connectivity index (χ1n) is 5.48. The van der Waals surface area contributed by atoms with Gasteiger partial charge in [0.05, 0.1) is 0 Å². The van der Waals surface area contributed by atoms with Crippen molar-refractivity contribution in [3.05, 3.63) is 35.4 Å². The van der Waals surface area contributed by atoms with E-state index in [2.05, 4.69) is 5.32 Å². The Kier molecular flexibility index (Phi) is 5.28. The van der Waals surface area contributed by atoms with Gasteiger partial charge in [0.2, 0.25) is 0 Å². The molecule has 96 valence electrons. The van der Waals surface area contributed by atoms with Crippen molar-refractivity contribution >= 4 is 12.4 Å². The maximum Gasteiger partial charge on any atom is 0.132 e. The monoisotopic (exact) mass is 265 g/mol. The van der Waals surface area contributed by atoms with E-state index < -0.39 is 17.8 Å². The van der Waals surface area contributed by atoms with Crippen LogP contribution in [0.4, 0.5) is 13.2 Å². The molecule has 17 heavy (non-hydrogen) atoms. The number of hydrogen-bond acceptors (Lipinski definition) is 1. The summed E-state index contributed by atoms with van der Waals surface area (Å²) in [6, 6.07) is 3.05. The van der Waals surface area contributed by atoms with Crippen molar-refractivity contribution in [2.24, 2.45) is 5.92 Å². The summed E-state index contributed by atoms with van der Waals surface area (Å²) >= 11 is 0. The Morgan fingerprint density at radius 3 is 2.41 bits per heavy atom. The maximum atomic E-state index is 14.0. The topological polar surface area (TPSA) is 12.0 Å². The second kappa shape index (κ2) is 6.26. The third-order valence-corrected chi connectivity index (χ3v) is 3.06. The first-order chi connectivity index (χ1) is 7.68. The summed E-state index contributed by atoms with van der Waals surface area (Å²) in [7, 11) is 0. The molecule has 1 N–H and O–H groups in total. The summed E-state index contributed by atoms with van der Waals surface area (Å²) < 4.78 is 40.1. The van der Waals surface area contributed by atoms with Crippen molar-refractivity contribution < 1.29 is 13.2 Å². The van der Waals surface area contributed by atoms with Crippen molar-refractivity contribution in [3.63, 3.8) is 0 Å². The quantitative estimate of drug-likeness (QED) is 0.864. The third kappa shape index (κ3) is 3.36. The second-order valence-electron chi connectivity index (χ2n) is 4.16. The molecule has 1 aliphatic heterocycles. The zero-order valence-electron chi connectivity index (χ0n) is 9.26. The molecule has 0 unspecified atom stereocenters. The van der Waals surface area contributed by atoms with Crippen LogP contribution in [-0.2, 0) is 0 Å². The van der Waals surface area contributed by atoms with Gasteiger partial charge < -0.3 is 5.32 Å². The highest BCUT2D eigenvalue weighted by molar-refractivity contribution is 5.85. The lowest BCUT2D eigenvalue weighted by Crippen LogP contribution is -2.30. The van der Waals surface area contributed by atoms with Gasteiger partial charge in [0, 0.05) is 11.6 Å². The number of nitrogens with one attached hydrogen (secondary N) is 1. The Morgan fingerprint density at radius 1 is 1.18 bits per heavy atom. The Balaban J connectivity index is 0.00000144. The van der Waals surface area contributed by atoms with Crippen LogP contribution in [0, 0.1) is 17.6 Å². The van der Waals surface area contributed by atoms with Gasteiger partial charge in [-0.2, -0.15) is 0 Å². The Bertz CT molecular complexity index is 367. The van der Waals surface area contributed by atoms with Crippen LogP contribution in [0.5, 0.6) is 0 Å². The minimum absolute atomic E-state index is 0. The average molecular weight is 266 g/mol. The smallest absolute Gasteiger partial charge is 0.132 e.